The molecule has 47 heavy (non-hydrogen) atoms. The first-order valence-electron chi connectivity index (χ1n) is 20.6. The van der Waals surface area contributed by atoms with Gasteiger partial charge in [-0.1, -0.05) is 186 Å². The van der Waals surface area contributed by atoms with Gasteiger partial charge in [0.05, 0.1) is 12.7 Å². The number of hydrogen-bond acceptors (Lipinski definition) is 5. The fourth-order valence-corrected chi connectivity index (χ4v) is 7.11. The Morgan fingerprint density at radius 2 is 1.04 bits per heavy atom. The van der Waals surface area contributed by atoms with Crippen molar-refractivity contribution in [2.75, 3.05) is 32.5 Å². The van der Waals surface area contributed by atoms with E-state index >= 15 is 0 Å². The molecular weight excluding hydrogens is 605 g/mol. The standard InChI is InChI=1S/C40H80NO5P/c1-4-6-8-10-12-14-16-18-20-22-24-26-28-30-34-46-36-39(42)35-41(33-32-38(3)37-47(44)45)40(43)31-29-27-25-23-21-19-17-15-13-11-9-7-5-2/h38-39,42H,4-37H2,1-3H3. The van der Waals surface area contributed by atoms with Crippen molar-refractivity contribution >= 4 is 13.9 Å². The molecule has 7 heteroatoms. The number of aliphatic hydroxyl groups excluding tert-OH is 1. The van der Waals surface area contributed by atoms with E-state index < -0.39 is 14.1 Å². The van der Waals surface area contributed by atoms with E-state index in [1.54, 1.807) is 4.90 Å². The van der Waals surface area contributed by atoms with E-state index in [4.69, 9.17) is 4.74 Å². The quantitative estimate of drug-likeness (QED) is 0.0516. The van der Waals surface area contributed by atoms with Crippen molar-refractivity contribution in [2.45, 2.75) is 213 Å². The SMILES string of the molecule is CCCCCCCCCCCCCCCCOCC(O)CN(CCC(C)C[P+](=O)[O-])C(=O)CCCCCCCCCCCCCCC. The second kappa shape index (κ2) is 36.7. The lowest BCUT2D eigenvalue weighted by molar-refractivity contribution is -0.164. The Morgan fingerprint density at radius 3 is 1.45 bits per heavy atom. The minimum Gasteiger partial charge on any atom is -0.596 e. The average Bonchev–Trinajstić information content (AvgIpc) is 3.04. The van der Waals surface area contributed by atoms with Gasteiger partial charge < -0.3 is 19.6 Å². The molecule has 3 unspecified atom stereocenters. The lowest BCUT2D eigenvalue weighted by atomic mass is 10.0. The highest BCUT2D eigenvalue weighted by molar-refractivity contribution is 7.36. The summed E-state index contributed by atoms with van der Waals surface area (Å²) in [6, 6.07) is 0. The van der Waals surface area contributed by atoms with Crippen LogP contribution in [0.25, 0.3) is 0 Å². The molecular formula is C40H80NO5P. The zero-order valence-corrected chi connectivity index (χ0v) is 32.6. The number of nitrogens with zero attached hydrogens (tertiary/aromatic N) is 1. The van der Waals surface area contributed by atoms with Crippen LogP contribution >= 0.6 is 8.03 Å². The van der Waals surface area contributed by atoms with E-state index in [0.717, 1.165) is 25.7 Å². The molecule has 0 aliphatic rings. The Bertz CT molecular complexity index is 679. The molecule has 0 heterocycles. The van der Waals surface area contributed by atoms with Crippen LogP contribution in [0.5, 0.6) is 0 Å². The normalized spacial score (nSPS) is 13.2. The van der Waals surface area contributed by atoms with E-state index in [1.807, 2.05) is 6.92 Å². The van der Waals surface area contributed by atoms with Gasteiger partial charge in [-0.15, -0.1) is 0 Å². The van der Waals surface area contributed by atoms with Gasteiger partial charge in [0.2, 0.25) is 5.91 Å². The van der Waals surface area contributed by atoms with Crippen molar-refractivity contribution < 1.29 is 24.1 Å². The molecule has 0 saturated heterocycles. The fourth-order valence-electron chi connectivity index (χ4n) is 6.42. The van der Waals surface area contributed by atoms with Gasteiger partial charge in [0.1, 0.15) is 6.16 Å². The first-order valence-corrected chi connectivity index (χ1v) is 21.9. The highest BCUT2D eigenvalue weighted by Crippen LogP contribution is 2.18. The van der Waals surface area contributed by atoms with Gasteiger partial charge in [0.25, 0.3) is 0 Å². The van der Waals surface area contributed by atoms with Crippen LogP contribution in [0.2, 0.25) is 0 Å². The summed E-state index contributed by atoms with van der Waals surface area (Å²) in [5.74, 6) is 0.0641. The molecule has 0 radical (unpaired) electrons. The number of hydrogen-bond donors (Lipinski definition) is 1. The monoisotopic (exact) mass is 686 g/mol. The first-order chi connectivity index (χ1) is 22.9. The van der Waals surface area contributed by atoms with Crippen molar-refractivity contribution in [2.24, 2.45) is 5.92 Å². The highest BCUT2D eigenvalue weighted by Gasteiger charge is 2.20. The molecule has 0 aliphatic carbocycles. The van der Waals surface area contributed by atoms with Gasteiger partial charge in [-0.2, -0.15) is 0 Å². The molecule has 0 bridgehead atoms. The fraction of sp³-hybridized carbons (Fsp3) is 0.975. The number of carbonyl (C=O) groups is 1. The van der Waals surface area contributed by atoms with E-state index in [9.17, 15) is 19.4 Å². The maximum absolute atomic E-state index is 13.1. The van der Waals surface area contributed by atoms with Crippen LogP contribution in [0.4, 0.5) is 0 Å². The topological polar surface area (TPSA) is 89.9 Å². The maximum Gasteiger partial charge on any atom is 0.309 e. The molecule has 1 amide bonds. The third-order valence-corrected chi connectivity index (χ3v) is 10.5. The number of amides is 1. The summed E-state index contributed by atoms with van der Waals surface area (Å²) in [6.07, 6.45) is 35.6. The number of unbranched alkanes of at least 4 members (excludes halogenated alkanes) is 25. The van der Waals surface area contributed by atoms with Crippen molar-refractivity contribution in [1.29, 1.82) is 0 Å². The Hall–Kier alpha value is -0.550. The van der Waals surface area contributed by atoms with E-state index in [2.05, 4.69) is 13.8 Å². The summed E-state index contributed by atoms with van der Waals surface area (Å²) >= 11 is 0. The Morgan fingerprint density at radius 1 is 0.660 bits per heavy atom. The molecule has 3 atom stereocenters. The lowest BCUT2D eigenvalue weighted by Gasteiger charge is -2.26. The predicted molar refractivity (Wildman–Crippen MR) is 200 cm³/mol. The molecule has 0 fully saturated rings. The molecule has 0 aromatic carbocycles. The molecule has 280 valence electrons. The van der Waals surface area contributed by atoms with Crippen LogP contribution < -0.4 is 4.89 Å². The van der Waals surface area contributed by atoms with Gasteiger partial charge >= 0.3 is 8.03 Å². The summed E-state index contributed by atoms with van der Waals surface area (Å²) in [6.45, 7) is 8.08. The van der Waals surface area contributed by atoms with Crippen LogP contribution in [0.1, 0.15) is 207 Å². The molecule has 0 rings (SSSR count). The smallest absolute Gasteiger partial charge is 0.309 e. The minimum atomic E-state index is -2.42. The molecule has 1 N–H and O–H groups in total. The Labute approximate surface area is 293 Å². The highest BCUT2D eigenvalue weighted by atomic mass is 31.1. The number of aliphatic hydroxyl groups is 1. The van der Waals surface area contributed by atoms with Crippen molar-refractivity contribution in [3.63, 3.8) is 0 Å². The van der Waals surface area contributed by atoms with Crippen molar-refractivity contribution in [1.82, 2.24) is 4.90 Å². The Kier molecular flexibility index (Phi) is 36.3. The first kappa shape index (κ1) is 46.5. The van der Waals surface area contributed by atoms with Crippen LogP contribution in [-0.4, -0.2) is 54.5 Å². The van der Waals surface area contributed by atoms with Gasteiger partial charge in [-0.3, -0.25) is 4.79 Å². The van der Waals surface area contributed by atoms with Gasteiger partial charge in [-0.25, -0.2) is 0 Å². The van der Waals surface area contributed by atoms with Crippen LogP contribution in [0.3, 0.4) is 0 Å². The summed E-state index contributed by atoms with van der Waals surface area (Å²) in [5.41, 5.74) is 0. The van der Waals surface area contributed by atoms with E-state index in [-0.39, 0.29) is 31.1 Å². The molecule has 0 spiro atoms. The maximum atomic E-state index is 13.1. The largest absolute Gasteiger partial charge is 0.596 e. The van der Waals surface area contributed by atoms with Crippen LogP contribution in [0, 0.1) is 5.92 Å². The van der Waals surface area contributed by atoms with E-state index in [1.165, 1.54) is 148 Å². The predicted octanol–water partition coefficient (Wildman–Crippen LogP) is 11.3. The second-order valence-electron chi connectivity index (χ2n) is 14.6. The zero-order chi connectivity index (χ0) is 34.6. The average molecular weight is 686 g/mol. The summed E-state index contributed by atoms with van der Waals surface area (Å²) in [7, 11) is -2.42. The zero-order valence-electron chi connectivity index (χ0n) is 31.7. The Balaban J connectivity index is 4.06. The summed E-state index contributed by atoms with van der Waals surface area (Å²) in [4.78, 5) is 26.0. The second-order valence-corrected chi connectivity index (χ2v) is 15.6. The number of carbonyl (C=O) groups excluding carboxylic acids is 1. The molecule has 0 aliphatic heterocycles. The molecule has 0 aromatic heterocycles. The third-order valence-electron chi connectivity index (χ3n) is 9.58. The lowest BCUT2D eigenvalue weighted by Crippen LogP contribution is -2.40. The van der Waals surface area contributed by atoms with Gasteiger partial charge in [-0.05, 0) is 19.3 Å². The third kappa shape index (κ3) is 35.1. The summed E-state index contributed by atoms with van der Waals surface area (Å²) < 4.78 is 16.9. The van der Waals surface area contributed by atoms with Crippen LogP contribution in [0.15, 0.2) is 0 Å². The van der Waals surface area contributed by atoms with E-state index in [0.29, 0.717) is 26.0 Å². The number of rotatable bonds is 38. The van der Waals surface area contributed by atoms with Crippen molar-refractivity contribution in [3.8, 4) is 0 Å². The van der Waals surface area contributed by atoms with Crippen LogP contribution in [-0.2, 0) is 14.1 Å². The van der Waals surface area contributed by atoms with Crippen molar-refractivity contribution in [3.05, 3.63) is 0 Å². The number of ether oxygens (including phenoxy) is 1. The molecule has 0 aromatic rings. The molecule has 6 nitrogen and oxygen atoms in total. The summed E-state index contributed by atoms with van der Waals surface area (Å²) in [5, 5.41) is 10.7. The van der Waals surface area contributed by atoms with Gasteiger partial charge in [0, 0.05) is 32.0 Å². The minimum absolute atomic E-state index is 0.00327. The molecule has 0 saturated carbocycles. The van der Waals surface area contributed by atoms with Gasteiger partial charge in [0.15, 0.2) is 0 Å².